The van der Waals surface area contributed by atoms with Gasteiger partial charge in [0.1, 0.15) is 0 Å². The van der Waals surface area contributed by atoms with Gasteiger partial charge >= 0.3 is 0 Å². The molecule has 5 nitrogen and oxygen atoms in total. The number of hydrogen-bond acceptors (Lipinski definition) is 4. The molecule has 0 aliphatic heterocycles. The van der Waals surface area contributed by atoms with E-state index in [1.807, 2.05) is 0 Å². The summed E-state index contributed by atoms with van der Waals surface area (Å²) in [5.41, 5.74) is 0. The van der Waals surface area contributed by atoms with E-state index >= 15 is 0 Å². The molecule has 70 valence electrons. The van der Waals surface area contributed by atoms with Gasteiger partial charge < -0.3 is 25.9 Å². The summed E-state index contributed by atoms with van der Waals surface area (Å²) < 4.78 is 0. The number of hydrogen-bond donors (Lipinski definition) is 4. The second-order valence-electron chi connectivity index (χ2n) is 0. The molecule has 0 fully saturated rings. The summed E-state index contributed by atoms with van der Waals surface area (Å²) in [6.07, 6.45) is 0. The zero-order valence-electron chi connectivity index (χ0n) is 6.70. The monoisotopic (exact) mass is 244 g/mol. The van der Waals surface area contributed by atoms with Crippen LogP contribution in [0.25, 0.3) is 0 Å². The summed E-state index contributed by atoms with van der Waals surface area (Å²) >= 11 is 0. The zero-order chi connectivity index (χ0) is 8.00. The summed E-state index contributed by atoms with van der Waals surface area (Å²) in [6.45, 7) is 0. The predicted octanol–water partition coefficient (Wildman–Crippen LogP) is -2.39. The van der Waals surface area contributed by atoms with Crippen molar-refractivity contribution in [1.82, 2.24) is 0 Å². The first-order valence-corrected chi connectivity index (χ1v) is 1.79. The van der Waals surface area contributed by atoms with Crippen molar-refractivity contribution in [2.75, 3.05) is 28.4 Å². The van der Waals surface area contributed by atoms with Crippen molar-refractivity contribution in [3.05, 3.63) is 0 Å². The summed E-state index contributed by atoms with van der Waals surface area (Å²) in [4.78, 5) is 0. The van der Waals surface area contributed by atoms with E-state index in [-0.39, 0.29) is 26.5 Å². The van der Waals surface area contributed by atoms with Gasteiger partial charge in [-0.2, -0.15) is 0 Å². The van der Waals surface area contributed by atoms with E-state index in [4.69, 9.17) is 20.4 Å². The topological polar surface area (TPSA) is 112 Å². The largest absolute Gasteiger partial charge is 0.412 e. The standard InChI is InChI=1S/4CH4O.Mo.H2O/c4*1-2;;/h4*2H,1H3;;1H2. The third-order valence-corrected chi connectivity index (χ3v) is 0. The van der Waals surface area contributed by atoms with Gasteiger partial charge in [-0.3, -0.25) is 0 Å². The summed E-state index contributed by atoms with van der Waals surface area (Å²) in [5, 5.41) is 28.0. The fraction of sp³-hybridized carbons (Fsp3) is 1.00. The minimum Gasteiger partial charge on any atom is -0.412 e. The maximum Gasteiger partial charge on any atom is 0.0319 e. The number of aliphatic hydroxyl groups excluding tert-OH is 4. The van der Waals surface area contributed by atoms with Crippen molar-refractivity contribution in [2.45, 2.75) is 0 Å². The maximum atomic E-state index is 7.00. The van der Waals surface area contributed by atoms with Crippen LogP contribution < -0.4 is 0 Å². The molecule has 0 bridgehead atoms. The number of aliphatic hydroxyl groups is 4. The summed E-state index contributed by atoms with van der Waals surface area (Å²) in [5.74, 6) is 0. The molecule has 0 aromatic rings. The number of rotatable bonds is 0. The molecule has 0 unspecified atom stereocenters. The minimum atomic E-state index is 0. The molecule has 0 spiro atoms. The van der Waals surface area contributed by atoms with Gasteiger partial charge in [0.25, 0.3) is 0 Å². The van der Waals surface area contributed by atoms with Crippen LogP contribution >= 0.6 is 0 Å². The SMILES string of the molecule is CO.CO.CO.CO.O.[Mo]. The quantitative estimate of drug-likeness (QED) is 0.355. The van der Waals surface area contributed by atoms with Crippen LogP contribution in [0.2, 0.25) is 0 Å². The molecular weight excluding hydrogens is 224 g/mol. The van der Waals surface area contributed by atoms with E-state index in [0.29, 0.717) is 0 Å². The van der Waals surface area contributed by atoms with Crippen LogP contribution in [0.3, 0.4) is 0 Å². The van der Waals surface area contributed by atoms with Crippen molar-refractivity contribution in [3.8, 4) is 0 Å². The van der Waals surface area contributed by atoms with E-state index in [2.05, 4.69) is 0 Å². The Labute approximate surface area is 75.9 Å². The first-order valence-electron chi connectivity index (χ1n) is 1.79. The molecule has 6 N–H and O–H groups in total. The average Bonchev–Trinajstić information content (AvgIpc) is 2.03. The molecule has 0 atom stereocenters. The van der Waals surface area contributed by atoms with Gasteiger partial charge in [0.2, 0.25) is 0 Å². The molecule has 0 aliphatic rings. The molecule has 10 heavy (non-hydrogen) atoms. The summed E-state index contributed by atoms with van der Waals surface area (Å²) in [6, 6.07) is 0. The fourth-order valence-electron chi connectivity index (χ4n) is 0. The van der Waals surface area contributed by atoms with Gasteiger partial charge in [-0.15, -0.1) is 0 Å². The van der Waals surface area contributed by atoms with E-state index in [1.54, 1.807) is 0 Å². The van der Waals surface area contributed by atoms with E-state index in [9.17, 15) is 0 Å². The molecule has 0 saturated heterocycles. The maximum absolute atomic E-state index is 7.00. The Morgan fingerprint density at radius 3 is 0.500 bits per heavy atom. The van der Waals surface area contributed by atoms with Gasteiger partial charge in [-0.05, 0) is 0 Å². The smallest absolute Gasteiger partial charge is 0.0319 e. The van der Waals surface area contributed by atoms with Gasteiger partial charge in [-0.1, -0.05) is 0 Å². The molecule has 0 heterocycles. The van der Waals surface area contributed by atoms with Crippen molar-refractivity contribution in [2.24, 2.45) is 0 Å². The molecule has 0 amide bonds. The molecule has 6 heteroatoms. The Morgan fingerprint density at radius 1 is 0.500 bits per heavy atom. The molecule has 0 aromatic carbocycles. The van der Waals surface area contributed by atoms with Crippen LogP contribution in [-0.4, -0.2) is 54.3 Å². The normalized spacial score (nSPS) is 2.40. The van der Waals surface area contributed by atoms with Gasteiger partial charge in [-0.25, -0.2) is 0 Å². The second-order valence-corrected chi connectivity index (χ2v) is 0. The van der Waals surface area contributed by atoms with Crippen LogP contribution in [-0.2, 0) is 21.1 Å². The van der Waals surface area contributed by atoms with Crippen molar-refractivity contribution >= 4 is 0 Å². The average molecular weight is 242 g/mol. The molecule has 0 rings (SSSR count). The Balaban J connectivity index is -0.00000000500. The summed E-state index contributed by atoms with van der Waals surface area (Å²) in [7, 11) is 4.00. The zero-order valence-corrected chi connectivity index (χ0v) is 8.70. The first-order chi connectivity index (χ1) is 4.00. The molecule has 0 radical (unpaired) electrons. The van der Waals surface area contributed by atoms with Gasteiger partial charge in [0.15, 0.2) is 0 Å². The van der Waals surface area contributed by atoms with Crippen LogP contribution in [0.5, 0.6) is 0 Å². The van der Waals surface area contributed by atoms with Crippen molar-refractivity contribution in [1.29, 1.82) is 0 Å². The molecule has 0 aliphatic carbocycles. The fourth-order valence-corrected chi connectivity index (χ4v) is 0. The Bertz CT molecular complexity index is 13.6. The van der Waals surface area contributed by atoms with Crippen molar-refractivity contribution < 1.29 is 47.0 Å². The van der Waals surface area contributed by atoms with Gasteiger partial charge in [0, 0.05) is 49.5 Å². The van der Waals surface area contributed by atoms with Crippen LogP contribution in [0.15, 0.2) is 0 Å². The minimum absolute atomic E-state index is 0. The second kappa shape index (κ2) is 2870. The van der Waals surface area contributed by atoms with E-state index < -0.39 is 0 Å². The molecular formula is C4H18MoO5. The van der Waals surface area contributed by atoms with E-state index in [0.717, 1.165) is 28.4 Å². The third-order valence-electron chi connectivity index (χ3n) is 0. The van der Waals surface area contributed by atoms with Crippen LogP contribution in [0.4, 0.5) is 0 Å². The van der Waals surface area contributed by atoms with Crippen molar-refractivity contribution in [3.63, 3.8) is 0 Å². The third kappa shape index (κ3) is 2000. The van der Waals surface area contributed by atoms with Gasteiger partial charge in [0.05, 0.1) is 0 Å². The Kier molecular flexibility index (Phi) is 13400. The Hall–Kier alpha value is 0.488. The van der Waals surface area contributed by atoms with Crippen LogP contribution in [0, 0.1) is 0 Å². The van der Waals surface area contributed by atoms with Crippen LogP contribution in [0.1, 0.15) is 0 Å². The molecule has 0 saturated carbocycles. The first kappa shape index (κ1) is 46.9. The van der Waals surface area contributed by atoms with E-state index in [1.165, 1.54) is 0 Å². The predicted molar refractivity (Wildman–Crippen MR) is 36.2 cm³/mol. The Morgan fingerprint density at radius 2 is 0.500 bits per heavy atom. The molecule has 0 aromatic heterocycles.